The number of nitrogens with zero attached hydrogens (tertiary/aromatic N) is 10. The Balaban J connectivity index is 0.000000182. The Morgan fingerprint density at radius 1 is 0.478 bits per heavy atom. The molecule has 8 N–H and O–H groups in total. The largest absolute Gasteiger partial charge is 0.489 e. The Bertz CT molecular complexity index is 6030. The molecule has 1 atom stereocenters. The summed E-state index contributed by atoms with van der Waals surface area (Å²) in [4.78, 5) is 62.3. The van der Waals surface area contributed by atoms with Crippen LogP contribution in [0.5, 0.6) is 17.2 Å². The maximum absolute atomic E-state index is 13.3. The van der Waals surface area contributed by atoms with Crippen molar-refractivity contribution in [3.63, 3.8) is 0 Å². The van der Waals surface area contributed by atoms with E-state index >= 15 is 0 Å². The van der Waals surface area contributed by atoms with Crippen LogP contribution in [0.1, 0.15) is 204 Å². The van der Waals surface area contributed by atoms with Gasteiger partial charge >= 0.3 is 0 Å². The fourth-order valence-corrected chi connectivity index (χ4v) is 21.5. The van der Waals surface area contributed by atoms with Crippen LogP contribution >= 0.6 is 34.8 Å². The van der Waals surface area contributed by atoms with Crippen LogP contribution in [0.15, 0.2) is 149 Å². The van der Waals surface area contributed by atoms with E-state index in [-0.39, 0.29) is 83.4 Å². The van der Waals surface area contributed by atoms with Crippen molar-refractivity contribution in [3.8, 4) is 17.2 Å². The Hall–Kier alpha value is -10.0. The Morgan fingerprint density at radius 3 is 1.23 bits per heavy atom. The molecule has 1 unspecified atom stereocenters. The number of sulfone groups is 3. The Labute approximate surface area is 806 Å². The molecule has 29 nitrogen and oxygen atoms in total. The van der Waals surface area contributed by atoms with E-state index in [4.69, 9.17) is 49.0 Å². The first-order valence-corrected chi connectivity index (χ1v) is 52.1. The molecule has 0 radical (unpaired) electrons. The van der Waals surface area contributed by atoms with Crippen molar-refractivity contribution in [2.24, 2.45) is 0 Å². The average molecular weight is 1950 g/mol. The van der Waals surface area contributed by atoms with Gasteiger partial charge in [0, 0.05) is 70.0 Å². The lowest BCUT2D eigenvalue weighted by Crippen LogP contribution is -2.52. The van der Waals surface area contributed by atoms with E-state index in [1.54, 1.807) is 127 Å². The summed E-state index contributed by atoms with van der Waals surface area (Å²) < 4.78 is 96.8. The SMILES string of the molecule is CNC(=O)c1cc(Nc2ncc(Cl)c(Nc3ccccc3S(=O)(=O)C(C)C)n2)c(OC(C)C)cc1C1=CCC(N2CCN(C)CC2)CC1.Cc1cc(Nc2ncc(Cl)c(Nc3ccccc3S(=O)(=O)C(C)C)n2)c(OC(C)C)cc1C1CCC(N(C)C)CC1.Cc1cc(Nc2ncc(Cl)c(Nc3ccccc3S(=O)(=O)C(C)C)n2)c(OC(C)C)cc1C1CCC(N2CCNC(=O)C2)CC1. The van der Waals surface area contributed by atoms with Crippen molar-refractivity contribution in [2.45, 2.75) is 246 Å². The van der Waals surface area contributed by atoms with E-state index in [0.29, 0.717) is 88.1 Å². The van der Waals surface area contributed by atoms with Gasteiger partial charge in [-0.1, -0.05) is 77.3 Å². The molecule has 2 saturated heterocycles. The quantitative estimate of drug-likeness (QED) is 0.0200. The number of nitrogens with one attached hydrogen (secondary N) is 8. The van der Waals surface area contributed by atoms with Crippen molar-refractivity contribution in [2.75, 3.05) is 106 Å². The lowest BCUT2D eigenvalue weighted by Gasteiger charge is -2.39. The molecule has 3 aliphatic carbocycles. The Kier molecular flexibility index (Phi) is 35.2. The van der Waals surface area contributed by atoms with Crippen molar-refractivity contribution in [3.05, 3.63) is 182 Å². The molecule has 2 saturated carbocycles. The molecule has 722 valence electrons. The summed E-state index contributed by atoms with van der Waals surface area (Å²) in [6.45, 7) is 32.5. The van der Waals surface area contributed by atoms with Crippen LogP contribution in [0.25, 0.3) is 5.57 Å². The van der Waals surface area contributed by atoms with Crippen molar-refractivity contribution in [1.82, 2.24) is 60.1 Å². The number of likely N-dealkylation sites (N-methyl/N-ethyl adjacent to an activating group) is 1. The van der Waals surface area contributed by atoms with E-state index in [2.05, 4.69) is 157 Å². The predicted octanol–water partition coefficient (Wildman–Crippen LogP) is 20.0. The third kappa shape index (κ3) is 26.0. The number of halogens is 3. The van der Waals surface area contributed by atoms with Crippen LogP contribution in [-0.2, 0) is 34.3 Å². The molecule has 134 heavy (non-hydrogen) atoms. The normalized spacial score (nSPS) is 18.3. The number of piperazine rings is 2. The number of para-hydroxylation sites is 3. The second-order valence-corrected chi connectivity index (χ2v) is 45.5. The molecule has 6 aromatic carbocycles. The van der Waals surface area contributed by atoms with Gasteiger partial charge in [0.15, 0.2) is 47.0 Å². The van der Waals surface area contributed by atoms with Gasteiger partial charge in [-0.15, -0.1) is 0 Å². The van der Waals surface area contributed by atoms with E-state index < -0.39 is 45.3 Å². The zero-order valence-corrected chi connectivity index (χ0v) is 84.8. The zero-order chi connectivity index (χ0) is 96.8. The van der Waals surface area contributed by atoms with Gasteiger partial charge in [-0.2, -0.15) is 15.0 Å². The smallest absolute Gasteiger partial charge is 0.251 e. The summed E-state index contributed by atoms with van der Waals surface area (Å²) in [7, 11) is -2.54. The van der Waals surface area contributed by atoms with E-state index in [0.717, 1.165) is 131 Å². The lowest BCUT2D eigenvalue weighted by atomic mass is 9.79. The standard InChI is InChI=1S/C35H46ClN7O4S.C33H43ClN6O4S.C31H42ClN5O3S/c1-22(2)47-31-20-26(24-11-13-25(14-12-24)43-17-15-42(6)16-18-43)27(34(44)37-5)19-30(31)40-35-38-21-28(36)33(41-35)39-29-9-7-8-10-32(29)48(45,46)23(3)4;1-20(2)44-29-17-25(23-10-12-24(13-11-23)40-15-14-35-31(41)19-40)22(5)16-28(29)38-33-36-18-26(34)32(39-33)37-27-8-6-7-9-30(27)45(42,43)21(3)4;1-19(2)40-28-17-24(22-12-14-23(15-13-22)37(6)7)21(5)16-27(28)35-31-33-18-25(32)30(36-31)34-26-10-8-9-11-29(26)41(38,39)20(3)4/h7-11,19-23,25H,12-18H2,1-6H3,(H,37,44)(H2,38,39,40,41);6-9,16-18,20-21,23-24H,10-15,19H2,1-5H3,(H,35,41)(H2,36,37,38,39);8-11,16-20,22-23H,12-15H2,1-7H3,(H2,33,34,35,36). The number of carbonyl (C=O) groups excluding carboxylic acids is 2. The highest BCUT2D eigenvalue weighted by molar-refractivity contribution is 7.92. The van der Waals surface area contributed by atoms with Gasteiger partial charge in [-0.3, -0.25) is 19.4 Å². The third-order valence-electron chi connectivity index (χ3n) is 25.0. The van der Waals surface area contributed by atoms with Gasteiger partial charge in [-0.05, 0) is 307 Å². The topological polar surface area (TPSA) is 351 Å². The third-order valence-corrected chi connectivity index (χ3v) is 32.4. The van der Waals surface area contributed by atoms with Crippen molar-refractivity contribution in [1.29, 1.82) is 0 Å². The highest BCUT2D eigenvalue weighted by Crippen LogP contribution is 2.46. The summed E-state index contributed by atoms with van der Waals surface area (Å²) >= 11 is 19.4. The summed E-state index contributed by atoms with van der Waals surface area (Å²) in [6.07, 6.45) is 18.2. The number of rotatable bonds is 31. The first kappa shape index (κ1) is 103. The first-order valence-electron chi connectivity index (χ1n) is 46.3. The molecular formula is C99H131Cl3N18O11S3. The number of hydrogen-bond donors (Lipinski definition) is 8. The van der Waals surface area contributed by atoms with Crippen LogP contribution in [-0.4, -0.2) is 213 Å². The highest BCUT2D eigenvalue weighted by atomic mass is 35.5. The monoisotopic (exact) mass is 1950 g/mol. The molecule has 5 aliphatic rings. The number of hydrogen-bond acceptors (Lipinski definition) is 27. The number of benzene rings is 6. The number of carbonyl (C=O) groups is 2. The number of aryl methyl sites for hydroxylation is 2. The summed E-state index contributed by atoms with van der Waals surface area (Å²) in [6, 6.07) is 33.9. The molecule has 2 amide bonds. The van der Waals surface area contributed by atoms with Crippen molar-refractivity contribution < 1.29 is 49.1 Å². The van der Waals surface area contributed by atoms with E-state index in [1.807, 2.05) is 47.6 Å². The molecule has 0 bridgehead atoms. The number of anilines is 12. The van der Waals surface area contributed by atoms with Gasteiger partial charge < -0.3 is 66.5 Å². The number of amides is 2. The van der Waals surface area contributed by atoms with Crippen LogP contribution in [0.3, 0.4) is 0 Å². The van der Waals surface area contributed by atoms with Gasteiger partial charge in [-0.25, -0.2) is 40.2 Å². The second kappa shape index (κ2) is 45.8. The molecular weight excluding hydrogens is 1820 g/mol. The van der Waals surface area contributed by atoms with E-state index in [9.17, 15) is 34.8 Å². The summed E-state index contributed by atoms with van der Waals surface area (Å²) in [5.41, 5.74) is 10.6. The maximum atomic E-state index is 13.3. The zero-order valence-electron chi connectivity index (χ0n) is 80.1. The fourth-order valence-electron chi connectivity index (χ4n) is 17.5. The molecule has 14 rings (SSSR count). The van der Waals surface area contributed by atoms with Gasteiger partial charge in [0.1, 0.15) is 32.3 Å². The number of allylic oxidation sites excluding steroid dienone is 1. The first-order chi connectivity index (χ1) is 63.6. The molecule has 3 aromatic heterocycles. The van der Waals surface area contributed by atoms with Crippen molar-refractivity contribution >= 4 is 151 Å². The maximum Gasteiger partial charge on any atom is 0.251 e. The van der Waals surface area contributed by atoms with Gasteiger partial charge in [0.05, 0.1) is 108 Å². The molecule has 0 spiro atoms. The highest BCUT2D eigenvalue weighted by Gasteiger charge is 2.35. The van der Waals surface area contributed by atoms with E-state index in [1.165, 1.54) is 48.1 Å². The fraction of sp³-hybridized carbons (Fsp3) is 0.475. The number of aromatic nitrogens is 6. The molecule has 9 aromatic rings. The number of ether oxygens (including phenoxy) is 3. The minimum atomic E-state index is -3.58. The Morgan fingerprint density at radius 2 is 0.866 bits per heavy atom. The van der Waals surface area contributed by atoms with Crippen LogP contribution < -0.4 is 56.7 Å². The molecule has 2 aliphatic heterocycles. The summed E-state index contributed by atoms with van der Waals surface area (Å²) in [5.74, 6) is 4.41. The van der Waals surface area contributed by atoms with Crippen LogP contribution in [0.4, 0.5) is 69.4 Å². The minimum Gasteiger partial charge on any atom is -0.489 e. The average Bonchev–Trinajstić information content (AvgIpc) is 0.785. The van der Waals surface area contributed by atoms with Crippen LogP contribution in [0, 0.1) is 13.8 Å². The summed E-state index contributed by atoms with van der Waals surface area (Å²) in [5, 5.41) is 23.8. The van der Waals surface area contributed by atoms with Crippen LogP contribution in [0.2, 0.25) is 15.1 Å². The molecule has 35 heteroatoms. The second-order valence-electron chi connectivity index (χ2n) is 36.9. The molecule has 4 fully saturated rings. The van der Waals surface area contributed by atoms with Gasteiger partial charge in [0.25, 0.3) is 5.91 Å². The predicted molar refractivity (Wildman–Crippen MR) is 540 cm³/mol. The lowest BCUT2D eigenvalue weighted by molar-refractivity contribution is -0.125. The minimum absolute atomic E-state index is 0.0154. The van der Waals surface area contributed by atoms with Gasteiger partial charge in [0.2, 0.25) is 23.8 Å². The molecule has 5 heterocycles.